The Morgan fingerprint density at radius 1 is 1.50 bits per heavy atom. The van der Waals surface area contributed by atoms with Gasteiger partial charge in [0.25, 0.3) is 0 Å². The number of carboxylic acid groups (broad SMARTS) is 1. The summed E-state index contributed by atoms with van der Waals surface area (Å²) in [5, 5.41) is 11.8. The highest BCUT2D eigenvalue weighted by Crippen LogP contribution is 2.19. The number of nitrogens with zero attached hydrogens (tertiary/aromatic N) is 1. The minimum absolute atomic E-state index is 0.0877. The molecule has 1 aromatic carbocycles. The normalized spacial score (nSPS) is 9.90. The van der Waals surface area contributed by atoms with E-state index in [1.54, 1.807) is 25.3 Å². The third-order valence-corrected chi connectivity index (χ3v) is 3.37. The van der Waals surface area contributed by atoms with Crippen LogP contribution in [0.25, 0.3) is 0 Å². The Kier molecular flexibility index (Phi) is 6.50. The summed E-state index contributed by atoms with van der Waals surface area (Å²) in [7, 11) is 1.67. The largest absolute Gasteiger partial charge is 0.478 e. The molecule has 0 bridgehead atoms. The second-order valence-electron chi connectivity index (χ2n) is 4.28. The third kappa shape index (κ3) is 4.84. The number of nitrogens with one attached hydrogen (secondary N) is 1. The van der Waals surface area contributed by atoms with Gasteiger partial charge in [-0.3, -0.25) is 0 Å². The van der Waals surface area contributed by atoms with Crippen molar-refractivity contribution in [2.75, 3.05) is 18.9 Å². The maximum absolute atomic E-state index is 12.0. The lowest BCUT2D eigenvalue weighted by Crippen LogP contribution is -2.32. The number of rotatable bonds is 6. The SMILES string of the molecule is C=CCCCN(C)C(=O)Nc1ccc(I)cc1C(=O)O. The maximum atomic E-state index is 12.0. The number of urea groups is 1. The van der Waals surface area contributed by atoms with E-state index in [0.29, 0.717) is 12.2 Å². The fourth-order valence-corrected chi connectivity index (χ4v) is 2.08. The number of carboxylic acids is 1. The lowest BCUT2D eigenvalue weighted by molar-refractivity contribution is 0.0698. The molecule has 0 unspecified atom stereocenters. The van der Waals surface area contributed by atoms with Crippen molar-refractivity contribution < 1.29 is 14.7 Å². The Hall–Kier alpha value is -1.57. The summed E-state index contributed by atoms with van der Waals surface area (Å²) in [6.45, 7) is 4.21. The number of hydrogen-bond acceptors (Lipinski definition) is 2. The van der Waals surface area contributed by atoms with Gasteiger partial charge in [0.05, 0.1) is 11.3 Å². The fourth-order valence-electron chi connectivity index (χ4n) is 1.59. The molecule has 0 spiro atoms. The standard InChI is InChI=1S/C14H17IN2O3/c1-3-4-5-8-17(2)14(20)16-12-7-6-10(15)9-11(12)13(18)19/h3,6-7,9H,1,4-5,8H2,2H3,(H,16,20)(H,18,19). The molecule has 0 aliphatic rings. The molecule has 0 saturated heterocycles. The van der Waals surface area contributed by atoms with Crippen molar-refractivity contribution in [3.63, 3.8) is 0 Å². The molecule has 2 N–H and O–H groups in total. The van der Waals surface area contributed by atoms with Gasteiger partial charge in [0, 0.05) is 17.2 Å². The van der Waals surface area contributed by atoms with Crippen molar-refractivity contribution in [3.05, 3.63) is 40.0 Å². The number of aromatic carboxylic acids is 1. The summed E-state index contributed by atoms with van der Waals surface area (Å²) in [6, 6.07) is 4.55. The van der Waals surface area contributed by atoms with Crippen LogP contribution in [0.15, 0.2) is 30.9 Å². The maximum Gasteiger partial charge on any atom is 0.337 e. The first-order valence-electron chi connectivity index (χ1n) is 6.11. The van der Waals surface area contributed by atoms with Crippen LogP contribution in [0, 0.1) is 3.57 Å². The van der Waals surface area contributed by atoms with Crippen LogP contribution >= 0.6 is 22.6 Å². The number of carbonyl (C=O) groups excluding carboxylic acids is 1. The average Bonchev–Trinajstić information content (AvgIpc) is 2.40. The van der Waals surface area contributed by atoms with Gasteiger partial charge in [-0.05, 0) is 53.6 Å². The molecule has 0 saturated carbocycles. The van der Waals surface area contributed by atoms with E-state index in [0.717, 1.165) is 16.4 Å². The van der Waals surface area contributed by atoms with Crippen molar-refractivity contribution >= 4 is 40.3 Å². The fraction of sp³-hybridized carbons (Fsp3) is 0.286. The van der Waals surface area contributed by atoms with Gasteiger partial charge < -0.3 is 15.3 Å². The number of hydrogen-bond donors (Lipinski definition) is 2. The first-order chi connectivity index (χ1) is 9.45. The molecule has 5 nitrogen and oxygen atoms in total. The predicted octanol–water partition coefficient (Wildman–Crippen LogP) is 3.42. The molecule has 1 rings (SSSR count). The summed E-state index contributed by atoms with van der Waals surface area (Å²) in [5.41, 5.74) is 0.392. The number of halogens is 1. The summed E-state index contributed by atoms with van der Waals surface area (Å²) in [4.78, 5) is 24.6. The van der Waals surface area contributed by atoms with Crippen molar-refractivity contribution in [3.8, 4) is 0 Å². The lowest BCUT2D eigenvalue weighted by Gasteiger charge is -2.18. The quantitative estimate of drug-likeness (QED) is 0.446. The Labute approximate surface area is 131 Å². The molecule has 0 heterocycles. The van der Waals surface area contributed by atoms with Crippen LogP contribution in [0.4, 0.5) is 10.5 Å². The average molecular weight is 388 g/mol. The molecule has 0 aliphatic heterocycles. The molecular weight excluding hydrogens is 371 g/mol. The van der Waals surface area contributed by atoms with Gasteiger partial charge in [-0.2, -0.15) is 0 Å². The van der Waals surface area contributed by atoms with E-state index >= 15 is 0 Å². The highest BCUT2D eigenvalue weighted by Gasteiger charge is 2.15. The van der Waals surface area contributed by atoms with Crippen molar-refractivity contribution in [1.82, 2.24) is 4.90 Å². The van der Waals surface area contributed by atoms with Crippen LogP contribution in [0.5, 0.6) is 0 Å². The highest BCUT2D eigenvalue weighted by molar-refractivity contribution is 14.1. The Morgan fingerprint density at radius 3 is 2.80 bits per heavy atom. The Morgan fingerprint density at radius 2 is 2.20 bits per heavy atom. The number of benzene rings is 1. The van der Waals surface area contributed by atoms with Crippen LogP contribution in [0.1, 0.15) is 23.2 Å². The van der Waals surface area contributed by atoms with Crippen molar-refractivity contribution in [1.29, 1.82) is 0 Å². The second-order valence-corrected chi connectivity index (χ2v) is 5.52. The minimum atomic E-state index is -1.06. The van der Waals surface area contributed by atoms with E-state index < -0.39 is 5.97 Å². The number of carbonyl (C=O) groups is 2. The molecule has 0 fully saturated rings. The van der Waals surface area contributed by atoms with E-state index in [9.17, 15) is 9.59 Å². The first kappa shape index (κ1) is 16.5. The molecule has 1 aromatic rings. The predicted molar refractivity (Wildman–Crippen MR) is 87.2 cm³/mol. The van der Waals surface area contributed by atoms with E-state index in [2.05, 4.69) is 11.9 Å². The summed E-state index contributed by atoms with van der Waals surface area (Å²) in [6.07, 6.45) is 3.46. The zero-order valence-electron chi connectivity index (χ0n) is 11.2. The topological polar surface area (TPSA) is 69.6 Å². The second kappa shape index (κ2) is 7.88. The van der Waals surface area contributed by atoms with Crippen LogP contribution in [0.3, 0.4) is 0 Å². The Bertz CT molecular complexity index is 517. The molecule has 0 aliphatic carbocycles. The van der Waals surface area contributed by atoms with E-state index in [-0.39, 0.29) is 11.6 Å². The molecule has 108 valence electrons. The van der Waals surface area contributed by atoms with Crippen molar-refractivity contribution in [2.45, 2.75) is 12.8 Å². The van der Waals surface area contributed by atoms with Gasteiger partial charge in [0.2, 0.25) is 0 Å². The van der Waals surface area contributed by atoms with E-state index in [1.165, 1.54) is 11.0 Å². The van der Waals surface area contributed by atoms with Crippen molar-refractivity contribution in [2.24, 2.45) is 0 Å². The van der Waals surface area contributed by atoms with Gasteiger partial charge in [-0.15, -0.1) is 6.58 Å². The molecule has 0 atom stereocenters. The van der Waals surface area contributed by atoms with Crippen LogP contribution in [-0.2, 0) is 0 Å². The van der Waals surface area contributed by atoms with Gasteiger partial charge >= 0.3 is 12.0 Å². The smallest absolute Gasteiger partial charge is 0.337 e. The van der Waals surface area contributed by atoms with Gasteiger partial charge in [-0.25, -0.2) is 9.59 Å². The van der Waals surface area contributed by atoms with Crippen LogP contribution in [0.2, 0.25) is 0 Å². The van der Waals surface area contributed by atoms with Gasteiger partial charge in [0.1, 0.15) is 0 Å². The number of unbranched alkanes of at least 4 members (excludes halogenated alkanes) is 1. The summed E-state index contributed by atoms with van der Waals surface area (Å²) >= 11 is 2.03. The van der Waals surface area contributed by atoms with Crippen LogP contribution < -0.4 is 5.32 Å². The molecule has 2 amide bonds. The molecular formula is C14H17IN2O3. The Balaban J connectivity index is 2.75. The molecule has 20 heavy (non-hydrogen) atoms. The lowest BCUT2D eigenvalue weighted by atomic mass is 10.2. The zero-order valence-corrected chi connectivity index (χ0v) is 13.4. The molecule has 0 radical (unpaired) electrons. The van der Waals surface area contributed by atoms with E-state index in [1.807, 2.05) is 22.6 Å². The minimum Gasteiger partial charge on any atom is -0.478 e. The van der Waals surface area contributed by atoms with Crippen LogP contribution in [-0.4, -0.2) is 35.6 Å². The molecule has 0 aromatic heterocycles. The number of amides is 2. The third-order valence-electron chi connectivity index (χ3n) is 2.70. The monoisotopic (exact) mass is 388 g/mol. The first-order valence-corrected chi connectivity index (χ1v) is 7.19. The number of anilines is 1. The summed E-state index contributed by atoms with van der Waals surface area (Å²) in [5.74, 6) is -1.06. The van der Waals surface area contributed by atoms with Gasteiger partial charge in [0.15, 0.2) is 0 Å². The highest BCUT2D eigenvalue weighted by atomic mass is 127. The summed E-state index contributed by atoms with van der Waals surface area (Å²) < 4.78 is 0.803. The molecule has 6 heteroatoms. The number of allylic oxidation sites excluding steroid dienone is 1. The van der Waals surface area contributed by atoms with E-state index in [4.69, 9.17) is 5.11 Å². The van der Waals surface area contributed by atoms with Gasteiger partial charge in [-0.1, -0.05) is 6.08 Å². The zero-order chi connectivity index (χ0) is 15.1.